The first-order chi connectivity index (χ1) is 12.2. The van der Waals surface area contributed by atoms with Gasteiger partial charge in [-0.3, -0.25) is 4.79 Å². The third kappa shape index (κ3) is 4.39. The molecule has 1 N–H and O–H groups in total. The van der Waals surface area contributed by atoms with Gasteiger partial charge < -0.3 is 14.8 Å². The number of rotatable bonds is 4. The average Bonchev–Trinajstić information content (AvgIpc) is 2.55. The molecular weight excluding hydrogens is 394 g/mol. The smallest absolute Gasteiger partial charge is 0.261 e. The van der Waals surface area contributed by atoms with Gasteiger partial charge in [-0.25, -0.2) is 0 Å². The zero-order valence-electron chi connectivity index (χ0n) is 15.5. The zero-order chi connectivity index (χ0) is 18.9. The van der Waals surface area contributed by atoms with Gasteiger partial charge >= 0.3 is 0 Å². The van der Waals surface area contributed by atoms with Gasteiger partial charge in [0.2, 0.25) is 0 Å². The summed E-state index contributed by atoms with van der Waals surface area (Å²) in [6.07, 6.45) is 0.121. The van der Waals surface area contributed by atoms with Gasteiger partial charge in [0.05, 0.1) is 6.04 Å². The van der Waals surface area contributed by atoms with Crippen molar-refractivity contribution in [3.63, 3.8) is 0 Å². The summed E-state index contributed by atoms with van der Waals surface area (Å²) in [7, 11) is 0. The van der Waals surface area contributed by atoms with Gasteiger partial charge in [0.25, 0.3) is 5.91 Å². The van der Waals surface area contributed by atoms with Crippen LogP contribution in [0.15, 0.2) is 46.9 Å². The molecule has 1 amide bonds. The van der Waals surface area contributed by atoms with Crippen LogP contribution in [-0.4, -0.2) is 17.6 Å². The molecule has 0 bridgehead atoms. The Hall–Kier alpha value is -2.01. The first-order valence-corrected chi connectivity index (χ1v) is 9.55. The summed E-state index contributed by atoms with van der Waals surface area (Å²) >= 11 is 3.39. The number of ether oxygens (including phenoxy) is 2. The Balaban J connectivity index is 1.73. The maximum absolute atomic E-state index is 12.7. The third-order valence-corrected chi connectivity index (χ3v) is 4.97. The van der Waals surface area contributed by atoms with Crippen molar-refractivity contribution < 1.29 is 14.3 Å². The van der Waals surface area contributed by atoms with Gasteiger partial charge in [0, 0.05) is 16.5 Å². The van der Waals surface area contributed by atoms with Crippen molar-refractivity contribution in [3.8, 4) is 11.5 Å². The topological polar surface area (TPSA) is 47.6 Å². The monoisotopic (exact) mass is 417 g/mol. The van der Waals surface area contributed by atoms with Crippen molar-refractivity contribution in [2.24, 2.45) is 0 Å². The molecule has 26 heavy (non-hydrogen) atoms. The van der Waals surface area contributed by atoms with E-state index in [2.05, 4.69) is 21.2 Å². The van der Waals surface area contributed by atoms with Crippen molar-refractivity contribution in [1.82, 2.24) is 5.32 Å². The van der Waals surface area contributed by atoms with Gasteiger partial charge in [0.1, 0.15) is 17.1 Å². The number of carbonyl (C=O) groups excluding carboxylic acids is 1. The Kier molecular flexibility index (Phi) is 5.28. The number of carbonyl (C=O) groups is 1. The first kappa shape index (κ1) is 18.8. The lowest BCUT2D eigenvalue weighted by Crippen LogP contribution is -2.44. The number of amides is 1. The van der Waals surface area contributed by atoms with Crippen molar-refractivity contribution in [2.45, 2.75) is 51.9 Å². The summed E-state index contributed by atoms with van der Waals surface area (Å²) in [6, 6.07) is 13.5. The van der Waals surface area contributed by atoms with E-state index >= 15 is 0 Å². The van der Waals surface area contributed by atoms with Gasteiger partial charge in [-0.05, 0) is 63.6 Å². The van der Waals surface area contributed by atoms with Crippen LogP contribution in [0.2, 0.25) is 0 Å². The van der Waals surface area contributed by atoms with Crippen LogP contribution in [0.4, 0.5) is 0 Å². The molecule has 138 valence electrons. The second-order valence-electron chi connectivity index (χ2n) is 7.38. The molecule has 2 atom stereocenters. The molecule has 0 radical (unpaired) electrons. The molecule has 0 aliphatic carbocycles. The van der Waals surface area contributed by atoms with E-state index < -0.39 is 6.10 Å². The molecule has 3 rings (SSSR count). The van der Waals surface area contributed by atoms with Crippen molar-refractivity contribution in [3.05, 3.63) is 58.1 Å². The Morgan fingerprint density at radius 1 is 1.27 bits per heavy atom. The summed E-state index contributed by atoms with van der Waals surface area (Å²) in [5.74, 6) is 1.37. The molecule has 0 saturated heterocycles. The predicted molar refractivity (Wildman–Crippen MR) is 106 cm³/mol. The molecule has 0 unspecified atom stereocenters. The Labute approximate surface area is 163 Å². The van der Waals surface area contributed by atoms with Gasteiger partial charge in [-0.1, -0.05) is 28.1 Å². The maximum atomic E-state index is 12.7. The van der Waals surface area contributed by atoms with Crippen LogP contribution in [0.25, 0.3) is 0 Å². The molecule has 1 aliphatic heterocycles. The number of nitrogens with one attached hydrogen (secondary N) is 1. The molecular formula is C21H24BrNO3. The number of hydrogen-bond acceptors (Lipinski definition) is 3. The molecule has 0 spiro atoms. The fraction of sp³-hybridized carbons (Fsp3) is 0.381. The number of halogens is 1. The fourth-order valence-corrected chi connectivity index (χ4v) is 3.41. The van der Waals surface area contributed by atoms with Crippen molar-refractivity contribution in [1.29, 1.82) is 0 Å². The van der Waals surface area contributed by atoms with Crippen LogP contribution < -0.4 is 14.8 Å². The Morgan fingerprint density at radius 2 is 1.96 bits per heavy atom. The standard InChI is InChI=1S/C21H24BrNO3/c1-13-5-10-17-18(12-21(3,4)26-19(17)11-13)23-20(24)14(2)25-16-8-6-15(22)7-9-16/h5-11,14,18H,12H2,1-4H3,(H,23,24)/t14-,18+/m0/s1. The van der Waals surface area contributed by atoms with E-state index in [1.807, 2.05) is 63.2 Å². The molecule has 0 fully saturated rings. The van der Waals surface area contributed by atoms with E-state index in [0.29, 0.717) is 12.2 Å². The highest BCUT2D eigenvalue weighted by molar-refractivity contribution is 9.10. The van der Waals surface area contributed by atoms with Crippen LogP contribution in [-0.2, 0) is 4.79 Å². The number of benzene rings is 2. The molecule has 0 aromatic heterocycles. The SMILES string of the molecule is Cc1ccc2c(c1)OC(C)(C)C[C@H]2NC(=O)[C@H](C)Oc1ccc(Br)cc1. The second kappa shape index (κ2) is 7.31. The van der Waals surface area contributed by atoms with Crippen LogP contribution >= 0.6 is 15.9 Å². The summed E-state index contributed by atoms with van der Waals surface area (Å²) in [6.45, 7) is 7.88. The molecule has 0 saturated carbocycles. The second-order valence-corrected chi connectivity index (χ2v) is 8.30. The van der Waals surface area contributed by atoms with Crippen molar-refractivity contribution in [2.75, 3.05) is 0 Å². The van der Waals surface area contributed by atoms with E-state index in [1.54, 1.807) is 6.92 Å². The molecule has 1 heterocycles. The normalized spacial score (nSPS) is 19.0. The summed E-state index contributed by atoms with van der Waals surface area (Å²) in [4.78, 5) is 12.7. The van der Waals surface area contributed by atoms with Crippen LogP contribution in [0.1, 0.15) is 44.4 Å². The Bertz CT molecular complexity index is 801. The summed E-state index contributed by atoms with van der Waals surface area (Å²) in [5, 5.41) is 3.13. The van der Waals surface area contributed by atoms with Gasteiger partial charge in [-0.2, -0.15) is 0 Å². The average molecular weight is 418 g/mol. The maximum Gasteiger partial charge on any atom is 0.261 e. The number of aryl methyl sites for hydroxylation is 1. The predicted octanol–water partition coefficient (Wildman–Crippen LogP) is 4.94. The van der Waals surface area contributed by atoms with E-state index in [-0.39, 0.29) is 17.6 Å². The lowest BCUT2D eigenvalue weighted by atomic mass is 9.89. The minimum absolute atomic E-state index is 0.0992. The third-order valence-electron chi connectivity index (χ3n) is 4.44. The van der Waals surface area contributed by atoms with E-state index in [9.17, 15) is 4.79 Å². The lowest BCUT2D eigenvalue weighted by molar-refractivity contribution is -0.128. The van der Waals surface area contributed by atoms with E-state index in [4.69, 9.17) is 9.47 Å². The minimum Gasteiger partial charge on any atom is -0.487 e. The van der Waals surface area contributed by atoms with Gasteiger partial charge in [-0.15, -0.1) is 0 Å². The highest BCUT2D eigenvalue weighted by atomic mass is 79.9. The quantitative estimate of drug-likeness (QED) is 0.765. The van der Waals surface area contributed by atoms with Crippen LogP contribution in [0.5, 0.6) is 11.5 Å². The fourth-order valence-electron chi connectivity index (χ4n) is 3.15. The molecule has 4 nitrogen and oxygen atoms in total. The van der Waals surface area contributed by atoms with Gasteiger partial charge in [0.15, 0.2) is 6.10 Å². The van der Waals surface area contributed by atoms with Crippen molar-refractivity contribution >= 4 is 21.8 Å². The largest absolute Gasteiger partial charge is 0.487 e. The summed E-state index contributed by atoms with van der Waals surface area (Å²) in [5.41, 5.74) is 1.81. The number of hydrogen-bond donors (Lipinski definition) is 1. The van der Waals surface area contributed by atoms with Crippen LogP contribution in [0.3, 0.4) is 0 Å². The first-order valence-electron chi connectivity index (χ1n) is 8.76. The lowest BCUT2D eigenvalue weighted by Gasteiger charge is -2.38. The molecule has 2 aromatic rings. The Morgan fingerprint density at radius 3 is 2.65 bits per heavy atom. The van der Waals surface area contributed by atoms with E-state index in [1.165, 1.54) is 0 Å². The minimum atomic E-state index is -0.587. The molecule has 1 aliphatic rings. The van der Waals surface area contributed by atoms with Crippen LogP contribution in [0, 0.1) is 6.92 Å². The zero-order valence-corrected chi connectivity index (χ0v) is 17.1. The van der Waals surface area contributed by atoms with E-state index in [0.717, 1.165) is 21.3 Å². The highest BCUT2D eigenvalue weighted by Gasteiger charge is 2.35. The molecule has 5 heteroatoms. The summed E-state index contributed by atoms with van der Waals surface area (Å²) < 4.78 is 12.8. The highest BCUT2D eigenvalue weighted by Crippen LogP contribution is 2.39. The molecule has 2 aromatic carbocycles. The number of fused-ring (bicyclic) bond motifs is 1.